The zero-order valence-electron chi connectivity index (χ0n) is 16.5. The molecular weight excluding hydrogens is 323 g/mol. The van der Waals surface area contributed by atoms with Crippen LogP contribution in [0.3, 0.4) is 0 Å². The molecule has 1 aliphatic rings. The highest BCUT2D eigenvalue weighted by Gasteiger charge is 2.14. The van der Waals surface area contributed by atoms with Crippen molar-refractivity contribution < 1.29 is 4.39 Å². The quantitative estimate of drug-likeness (QED) is 0.463. The number of hydrogen-bond acceptors (Lipinski definition) is 1. The van der Waals surface area contributed by atoms with Gasteiger partial charge in [0.05, 0.1) is 0 Å². The van der Waals surface area contributed by atoms with Crippen LogP contribution in [-0.2, 0) is 13.1 Å². The van der Waals surface area contributed by atoms with Gasteiger partial charge in [0.25, 0.3) is 0 Å². The number of benzene rings is 1. The van der Waals surface area contributed by atoms with Crippen molar-refractivity contribution in [2.45, 2.75) is 84.2 Å². The minimum atomic E-state index is -0.119. The summed E-state index contributed by atoms with van der Waals surface area (Å²) < 4.78 is 16.2. The lowest BCUT2D eigenvalue weighted by Crippen LogP contribution is -2.23. The van der Waals surface area contributed by atoms with Gasteiger partial charge in [-0.2, -0.15) is 0 Å². The summed E-state index contributed by atoms with van der Waals surface area (Å²) in [5.41, 5.74) is 2.50. The molecule has 0 atom stereocenters. The first-order valence-corrected chi connectivity index (χ1v) is 10.8. The highest BCUT2D eigenvalue weighted by atomic mass is 19.1. The molecule has 3 heteroatoms. The van der Waals surface area contributed by atoms with Crippen molar-refractivity contribution in [2.24, 2.45) is 0 Å². The van der Waals surface area contributed by atoms with E-state index in [4.69, 9.17) is 0 Å². The smallest absolute Gasteiger partial charge is 0.123 e. The molecular formula is C23H35FN2. The molecule has 2 nitrogen and oxygen atoms in total. The highest BCUT2D eigenvalue weighted by molar-refractivity contribution is 5.84. The summed E-state index contributed by atoms with van der Waals surface area (Å²) in [6.07, 6.45) is 15.4. The third kappa shape index (κ3) is 5.33. The van der Waals surface area contributed by atoms with Crippen molar-refractivity contribution in [3.05, 3.63) is 35.8 Å². The van der Waals surface area contributed by atoms with Crippen LogP contribution in [0.2, 0.25) is 0 Å². The zero-order chi connectivity index (χ0) is 18.2. The van der Waals surface area contributed by atoms with E-state index in [9.17, 15) is 4.39 Å². The number of aromatic nitrogens is 1. The van der Waals surface area contributed by atoms with Gasteiger partial charge in [0, 0.05) is 30.2 Å². The lowest BCUT2D eigenvalue weighted by molar-refractivity contribution is 0.277. The second-order valence-corrected chi connectivity index (χ2v) is 7.97. The van der Waals surface area contributed by atoms with E-state index in [1.807, 2.05) is 6.07 Å². The second kappa shape index (κ2) is 10.1. The molecule has 0 bridgehead atoms. The van der Waals surface area contributed by atoms with Gasteiger partial charge in [-0.1, -0.05) is 51.9 Å². The maximum atomic E-state index is 13.9. The van der Waals surface area contributed by atoms with Crippen molar-refractivity contribution in [1.29, 1.82) is 0 Å². The fourth-order valence-electron chi connectivity index (χ4n) is 4.25. The molecule has 0 saturated carbocycles. The van der Waals surface area contributed by atoms with Crippen LogP contribution in [0.4, 0.5) is 4.39 Å². The van der Waals surface area contributed by atoms with Crippen LogP contribution in [0.15, 0.2) is 24.4 Å². The van der Waals surface area contributed by atoms with Crippen LogP contribution < -0.4 is 0 Å². The molecule has 1 aliphatic heterocycles. The summed E-state index contributed by atoms with van der Waals surface area (Å²) in [6, 6.07) is 5.31. The molecule has 1 aromatic carbocycles. The Kier molecular flexibility index (Phi) is 7.55. The molecule has 1 fully saturated rings. The monoisotopic (exact) mass is 358 g/mol. The molecule has 1 aromatic heterocycles. The molecule has 0 unspecified atom stereocenters. The van der Waals surface area contributed by atoms with Crippen LogP contribution in [-0.4, -0.2) is 22.6 Å². The Hall–Kier alpha value is -1.35. The Morgan fingerprint density at radius 1 is 0.923 bits per heavy atom. The number of aryl methyl sites for hydroxylation is 1. The van der Waals surface area contributed by atoms with Gasteiger partial charge < -0.3 is 4.57 Å². The van der Waals surface area contributed by atoms with E-state index in [2.05, 4.69) is 22.6 Å². The average molecular weight is 359 g/mol. The highest BCUT2D eigenvalue weighted by Crippen LogP contribution is 2.25. The number of likely N-dealkylation sites (tertiary alicyclic amines) is 1. The summed E-state index contributed by atoms with van der Waals surface area (Å²) in [5, 5.41) is 1.11. The van der Waals surface area contributed by atoms with E-state index in [1.165, 1.54) is 88.4 Å². The van der Waals surface area contributed by atoms with Gasteiger partial charge in [0.1, 0.15) is 5.82 Å². The van der Waals surface area contributed by atoms with Gasteiger partial charge in [-0.05, 0) is 56.1 Å². The van der Waals surface area contributed by atoms with Gasteiger partial charge in [0.2, 0.25) is 0 Å². The second-order valence-electron chi connectivity index (χ2n) is 7.97. The number of fused-ring (bicyclic) bond motifs is 1. The minimum absolute atomic E-state index is 0.119. The maximum Gasteiger partial charge on any atom is 0.123 e. The summed E-state index contributed by atoms with van der Waals surface area (Å²) in [4.78, 5) is 2.56. The molecule has 26 heavy (non-hydrogen) atoms. The van der Waals surface area contributed by atoms with Crippen molar-refractivity contribution in [3.8, 4) is 0 Å². The fraction of sp³-hybridized carbons (Fsp3) is 0.652. The number of halogens is 1. The molecule has 144 valence electrons. The Labute approximate surface area is 158 Å². The first-order chi connectivity index (χ1) is 12.8. The molecule has 0 radical (unpaired) electrons. The first kappa shape index (κ1) is 19.4. The van der Waals surface area contributed by atoms with Gasteiger partial charge in [0.15, 0.2) is 0 Å². The van der Waals surface area contributed by atoms with Crippen LogP contribution in [0.5, 0.6) is 0 Å². The SMILES string of the molecule is CCCCCCCCn1cc(CN2CCCCCC2)c2cc(F)ccc21. The van der Waals surface area contributed by atoms with Crippen LogP contribution in [0, 0.1) is 5.82 Å². The number of nitrogens with zero attached hydrogens (tertiary/aromatic N) is 2. The van der Waals surface area contributed by atoms with E-state index < -0.39 is 0 Å². The third-order valence-corrected chi connectivity index (χ3v) is 5.77. The Morgan fingerprint density at radius 3 is 2.42 bits per heavy atom. The fourth-order valence-corrected chi connectivity index (χ4v) is 4.25. The summed E-state index contributed by atoms with van der Waals surface area (Å²) in [6.45, 7) is 6.63. The van der Waals surface area contributed by atoms with E-state index in [0.717, 1.165) is 18.5 Å². The van der Waals surface area contributed by atoms with Crippen LogP contribution in [0.25, 0.3) is 10.9 Å². The zero-order valence-corrected chi connectivity index (χ0v) is 16.5. The van der Waals surface area contributed by atoms with E-state index in [-0.39, 0.29) is 5.82 Å². The average Bonchev–Trinajstić information content (AvgIpc) is 2.81. The third-order valence-electron chi connectivity index (χ3n) is 5.77. The maximum absolute atomic E-state index is 13.9. The molecule has 0 spiro atoms. The Bertz CT molecular complexity index is 668. The molecule has 0 amide bonds. The molecule has 2 aromatic rings. The molecule has 1 saturated heterocycles. The van der Waals surface area contributed by atoms with E-state index in [0.29, 0.717) is 0 Å². The topological polar surface area (TPSA) is 8.17 Å². The van der Waals surface area contributed by atoms with Gasteiger partial charge in [-0.15, -0.1) is 0 Å². The van der Waals surface area contributed by atoms with Crippen molar-refractivity contribution in [2.75, 3.05) is 13.1 Å². The van der Waals surface area contributed by atoms with Gasteiger partial charge in [-0.3, -0.25) is 4.90 Å². The number of rotatable bonds is 9. The van der Waals surface area contributed by atoms with Crippen LogP contribution in [0.1, 0.15) is 76.7 Å². The molecule has 3 rings (SSSR count). The van der Waals surface area contributed by atoms with E-state index in [1.54, 1.807) is 12.1 Å². The van der Waals surface area contributed by atoms with Crippen molar-refractivity contribution in [3.63, 3.8) is 0 Å². The molecule has 0 aliphatic carbocycles. The number of unbranched alkanes of at least 4 members (excludes halogenated alkanes) is 5. The lowest BCUT2D eigenvalue weighted by Gasteiger charge is -2.19. The first-order valence-electron chi connectivity index (χ1n) is 10.8. The van der Waals surface area contributed by atoms with Gasteiger partial charge >= 0.3 is 0 Å². The standard InChI is InChI=1S/C23H35FN2/c1-2-3-4-5-6-11-16-26-19-20(18-25-14-9-7-8-10-15-25)22-17-21(24)12-13-23(22)26/h12-13,17,19H,2-11,14-16,18H2,1H3. The Balaban J connectivity index is 1.68. The number of hydrogen-bond donors (Lipinski definition) is 0. The largest absolute Gasteiger partial charge is 0.347 e. The van der Waals surface area contributed by atoms with E-state index >= 15 is 0 Å². The predicted octanol–water partition coefficient (Wildman–Crippen LogP) is 6.52. The molecule has 2 heterocycles. The summed E-state index contributed by atoms with van der Waals surface area (Å²) >= 11 is 0. The minimum Gasteiger partial charge on any atom is -0.347 e. The van der Waals surface area contributed by atoms with Crippen molar-refractivity contribution in [1.82, 2.24) is 9.47 Å². The van der Waals surface area contributed by atoms with Crippen LogP contribution >= 0.6 is 0 Å². The normalized spacial score (nSPS) is 16.2. The molecule has 0 N–H and O–H groups in total. The van der Waals surface area contributed by atoms with Crippen molar-refractivity contribution >= 4 is 10.9 Å². The summed E-state index contributed by atoms with van der Waals surface area (Å²) in [5.74, 6) is -0.119. The predicted molar refractivity (Wildman–Crippen MR) is 109 cm³/mol. The Morgan fingerprint density at radius 2 is 1.65 bits per heavy atom. The summed E-state index contributed by atoms with van der Waals surface area (Å²) in [7, 11) is 0. The lowest BCUT2D eigenvalue weighted by atomic mass is 10.1. The van der Waals surface area contributed by atoms with Gasteiger partial charge in [-0.25, -0.2) is 4.39 Å².